The summed E-state index contributed by atoms with van der Waals surface area (Å²) in [5.74, 6) is 0.620. The van der Waals surface area contributed by atoms with Crippen LogP contribution in [0.3, 0.4) is 0 Å². The molecule has 3 N–H and O–H groups in total. The first-order valence-electron chi connectivity index (χ1n) is 6.25. The van der Waals surface area contributed by atoms with E-state index in [0.29, 0.717) is 17.6 Å². The van der Waals surface area contributed by atoms with Gasteiger partial charge in [-0.3, -0.25) is 4.79 Å². The fourth-order valence-corrected chi connectivity index (χ4v) is 2.55. The molecule has 1 aromatic carbocycles. The highest BCUT2D eigenvalue weighted by molar-refractivity contribution is 5.96. The lowest BCUT2D eigenvalue weighted by atomic mass is 10.0. The van der Waals surface area contributed by atoms with Gasteiger partial charge in [0.05, 0.1) is 0 Å². The molecule has 0 spiro atoms. The summed E-state index contributed by atoms with van der Waals surface area (Å²) in [6.07, 6.45) is 3.53. The number of amides is 1. The van der Waals surface area contributed by atoms with Gasteiger partial charge in [-0.15, -0.1) is 0 Å². The summed E-state index contributed by atoms with van der Waals surface area (Å²) in [5.41, 5.74) is 8.06. The molecule has 1 saturated carbocycles. The van der Waals surface area contributed by atoms with Crippen molar-refractivity contribution in [1.82, 2.24) is 5.32 Å². The first-order valence-corrected chi connectivity index (χ1v) is 6.25. The number of hydrogen-bond acceptors (Lipinski definition) is 2. The van der Waals surface area contributed by atoms with Gasteiger partial charge in [0.1, 0.15) is 0 Å². The maximum absolute atomic E-state index is 12.1. The third kappa shape index (κ3) is 2.60. The van der Waals surface area contributed by atoms with Crippen molar-refractivity contribution in [2.75, 3.05) is 5.73 Å². The quantitative estimate of drug-likeness (QED) is 0.770. The molecular formula is C14H20N2O. The summed E-state index contributed by atoms with van der Waals surface area (Å²) < 4.78 is 0. The van der Waals surface area contributed by atoms with E-state index in [9.17, 15) is 4.79 Å². The van der Waals surface area contributed by atoms with Crippen LogP contribution in [0.2, 0.25) is 0 Å². The third-order valence-electron chi connectivity index (χ3n) is 3.67. The van der Waals surface area contributed by atoms with Gasteiger partial charge < -0.3 is 11.1 Å². The number of aryl methyl sites for hydroxylation is 1. The fourth-order valence-electron chi connectivity index (χ4n) is 2.55. The smallest absolute Gasteiger partial charge is 0.251 e. The summed E-state index contributed by atoms with van der Waals surface area (Å²) >= 11 is 0. The van der Waals surface area contributed by atoms with Crippen molar-refractivity contribution in [3.05, 3.63) is 29.3 Å². The molecule has 0 radical (unpaired) electrons. The highest BCUT2D eigenvalue weighted by Gasteiger charge is 2.25. The monoisotopic (exact) mass is 232 g/mol. The highest BCUT2D eigenvalue weighted by atomic mass is 16.1. The zero-order valence-electron chi connectivity index (χ0n) is 10.5. The first-order chi connectivity index (χ1) is 8.08. The predicted molar refractivity (Wildman–Crippen MR) is 69.9 cm³/mol. The molecule has 1 aliphatic rings. The molecule has 17 heavy (non-hydrogen) atoms. The lowest BCUT2D eigenvalue weighted by Crippen LogP contribution is -2.36. The Balaban J connectivity index is 2.09. The summed E-state index contributed by atoms with van der Waals surface area (Å²) in [6, 6.07) is 5.76. The second-order valence-corrected chi connectivity index (χ2v) is 5.06. The van der Waals surface area contributed by atoms with Gasteiger partial charge >= 0.3 is 0 Å². The van der Waals surface area contributed by atoms with E-state index >= 15 is 0 Å². The molecular weight excluding hydrogens is 212 g/mol. The van der Waals surface area contributed by atoms with Crippen LogP contribution in [0.25, 0.3) is 0 Å². The Bertz CT molecular complexity index is 428. The molecule has 2 rings (SSSR count). The molecule has 3 heteroatoms. The van der Waals surface area contributed by atoms with Crippen LogP contribution in [0.4, 0.5) is 5.69 Å². The summed E-state index contributed by atoms with van der Waals surface area (Å²) in [6.45, 7) is 4.12. The number of nitrogen functional groups attached to an aromatic ring is 1. The largest absolute Gasteiger partial charge is 0.399 e. The molecule has 0 saturated heterocycles. The molecule has 3 nitrogen and oxygen atoms in total. The van der Waals surface area contributed by atoms with Crippen LogP contribution < -0.4 is 11.1 Å². The number of rotatable bonds is 2. The average molecular weight is 232 g/mol. The number of benzene rings is 1. The Hall–Kier alpha value is -1.51. The molecule has 0 aromatic heterocycles. The Morgan fingerprint density at radius 2 is 2.18 bits per heavy atom. The van der Waals surface area contributed by atoms with Gasteiger partial charge in [-0.25, -0.2) is 0 Å². The van der Waals surface area contributed by atoms with Crippen LogP contribution in [0.15, 0.2) is 18.2 Å². The standard InChI is InChI=1S/C14H20N2O/c1-9-4-3-5-13(9)16-14(17)12-7-6-11(15)8-10(12)2/h6-9,13H,3-5,15H2,1-2H3,(H,16,17). The van der Waals surface area contributed by atoms with Gasteiger partial charge in [-0.05, 0) is 49.4 Å². The lowest BCUT2D eigenvalue weighted by molar-refractivity contribution is 0.0929. The normalized spacial score (nSPS) is 23.6. The molecule has 2 unspecified atom stereocenters. The number of anilines is 1. The number of nitrogens with two attached hydrogens (primary N) is 1. The third-order valence-corrected chi connectivity index (χ3v) is 3.67. The van der Waals surface area contributed by atoms with Crippen LogP contribution >= 0.6 is 0 Å². The predicted octanol–water partition coefficient (Wildman–Crippen LogP) is 2.50. The van der Waals surface area contributed by atoms with Crippen molar-refractivity contribution in [1.29, 1.82) is 0 Å². The van der Waals surface area contributed by atoms with Crippen molar-refractivity contribution < 1.29 is 4.79 Å². The van der Waals surface area contributed by atoms with Crippen LogP contribution in [0.1, 0.15) is 42.1 Å². The van der Waals surface area contributed by atoms with Gasteiger partial charge in [-0.2, -0.15) is 0 Å². The van der Waals surface area contributed by atoms with Gasteiger partial charge in [0.15, 0.2) is 0 Å². The molecule has 1 aromatic rings. The van der Waals surface area contributed by atoms with Crippen molar-refractivity contribution >= 4 is 11.6 Å². The second-order valence-electron chi connectivity index (χ2n) is 5.06. The zero-order chi connectivity index (χ0) is 12.4. The molecule has 0 aliphatic heterocycles. The maximum Gasteiger partial charge on any atom is 0.251 e. The topological polar surface area (TPSA) is 55.1 Å². The number of carbonyl (C=O) groups is 1. The van der Waals surface area contributed by atoms with Crippen molar-refractivity contribution in [3.8, 4) is 0 Å². The van der Waals surface area contributed by atoms with E-state index in [1.165, 1.54) is 12.8 Å². The number of nitrogens with one attached hydrogen (secondary N) is 1. The van der Waals surface area contributed by atoms with Gasteiger partial charge in [-0.1, -0.05) is 13.3 Å². The number of carbonyl (C=O) groups excluding carboxylic acids is 1. The molecule has 1 fully saturated rings. The minimum absolute atomic E-state index is 0.0289. The fraction of sp³-hybridized carbons (Fsp3) is 0.500. The Morgan fingerprint density at radius 3 is 2.76 bits per heavy atom. The van der Waals surface area contributed by atoms with Crippen LogP contribution in [0, 0.1) is 12.8 Å². The molecule has 0 heterocycles. The Morgan fingerprint density at radius 1 is 1.41 bits per heavy atom. The Kier molecular flexibility index (Phi) is 3.36. The van der Waals surface area contributed by atoms with E-state index in [-0.39, 0.29) is 5.91 Å². The molecule has 0 bridgehead atoms. The van der Waals surface area contributed by atoms with Gasteiger partial charge in [0.2, 0.25) is 0 Å². The summed E-state index contributed by atoms with van der Waals surface area (Å²) in [5, 5.41) is 3.13. The van der Waals surface area contributed by atoms with E-state index < -0.39 is 0 Å². The van der Waals surface area contributed by atoms with E-state index in [1.54, 1.807) is 12.1 Å². The first kappa shape index (κ1) is 12.0. The van der Waals surface area contributed by atoms with Crippen LogP contribution in [-0.4, -0.2) is 11.9 Å². The van der Waals surface area contributed by atoms with Crippen LogP contribution in [0.5, 0.6) is 0 Å². The minimum atomic E-state index is 0.0289. The Labute approximate surface area is 102 Å². The highest BCUT2D eigenvalue weighted by Crippen LogP contribution is 2.25. The van der Waals surface area contributed by atoms with Crippen molar-refractivity contribution in [3.63, 3.8) is 0 Å². The number of hydrogen-bond donors (Lipinski definition) is 2. The van der Waals surface area contributed by atoms with E-state index in [0.717, 1.165) is 17.5 Å². The molecule has 2 atom stereocenters. The molecule has 92 valence electrons. The van der Waals surface area contributed by atoms with Gasteiger partial charge in [0.25, 0.3) is 5.91 Å². The average Bonchev–Trinajstić information content (AvgIpc) is 2.64. The van der Waals surface area contributed by atoms with Gasteiger partial charge in [0, 0.05) is 17.3 Å². The molecule has 1 aliphatic carbocycles. The van der Waals surface area contributed by atoms with E-state index in [4.69, 9.17) is 5.73 Å². The van der Waals surface area contributed by atoms with E-state index in [1.807, 2.05) is 13.0 Å². The lowest BCUT2D eigenvalue weighted by Gasteiger charge is -2.18. The second kappa shape index (κ2) is 4.78. The maximum atomic E-state index is 12.1. The van der Waals surface area contributed by atoms with E-state index in [2.05, 4.69) is 12.2 Å². The minimum Gasteiger partial charge on any atom is -0.399 e. The van der Waals surface area contributed by atoms with Crippen molar-refractivity contribution in [2.45, 2.75) is 39.2 Å². The zero-order valence-corrected chi connectivity index (χ0v) is 10.5. The molecule has 1 amide bonds. The summed E-state index contributed by atoms with van der Waals surface area (Å²) in [7, 11) is 0. The van der Waals surface area contributed by atoms with Crippen LogP contribution in [-0.2, 0) is 0 Å². The summed E-state index contributed by atoms with van der Waals surface area (Å²) in [4.78, 5) is 12.1. The SMILES string of the molecule is Cc1cc(N)ccc1C(=O)NC1CCCC1C. The van der Waals surface area contributed by atoms with Crippen molar-refractivity contribution in [2.24, 2.45) is 5.92 Å².